The fourth-order valence-electron chi connectivity index (χ4n) is 4.09. The lowest BCUT2D eigenvalue weighted by Crippen LogP contribution is -2.31. The lowest BCUT2D eigenvalue weighted by molar-refractivity contribution is 0.456. The highest BCUT2D eigenvalue weighted by atomic mass is 14.9. The van der Waals surface area contributed by atoms with Crippen molar-refractivity contribution in [1.82, 2.24) is 10.3 Å². The molecule has 2 fully saturated rings. The van der Waals surface area contributed by atoms with E-state index >= 15 is 0 Å². The van der Waals surface area contributed by atoms with E-state index in [-0.39, 0.29) is 0 Å². The SMILES string of the molecule is CCc1ccc(CC(NC)C2C3CCCCC32)nc1. The number of fused-ring (bicyclic) bond motifs is 1. The first kappa shape index (κ1) is 13.1. The molecule has 0 spiro atoms. The monoisotopic (exact) mass is 258 g/mol. The molecule has 0 saturated heterocycles. The number of likely N-dealkylation sites (N-methyl/N-ethyl adjacent to an activating group) is 1. The molecular formula is C17H26N2. The summed E-state index contributed by atoms with van der Waals surface area (Å²) in [6, 6.07) is 5.08. The molecule has 19 heavy (non-hydrogen) atoms. The van der Waals surface area contributed by atoms with E-state index in [0.717, 1.165) is 30.6 Å². The number of hydrogen-bond acceptors (Lipinski definition) is 2. The van der Waals surface area contributed by atoms with Crippen LogP contribution in [0.3, 0.4) is 0 Å². The highest BCUT2D eigenvalue weighted by Gasteiger charge is 2.53. The minimum absolute atomic E-state index is 0.632. The summed E-state index contributed by atoms with van der Waals surface area (Å²) >= 11 is 0. The average molecular weight is 258 g/mol. The maximum Gasteiger partial charge on any atom is 0.0419 e. The first-order chi connectivity index (χ1) is 9.33. The minimum Gasteiger partial charge on any atom is -0.316 e. The maximum atomic E-state index is 4.62. The van der Waals surface area contributed by atoms with Crippen LogP contribution < -0.4 is 5.32 Å². The second kappa shape index (κ2) is 5.62. The average Bonchev–Trinajstić information content (AvgIpc) is 3.20. The molecule has 3 atom stereocenters. The van der Waals surface area contributed by atoms with Gasteiger partial charge in [-0.2, -0.15) is 0 Å². The van der Waals surface area contributed by atoms with Crippen molar-refractivity contribution in [3.05, 3.63) is 29.6 Å². The van der Waals surface area contributed by atoms with Crippen LogP contribution in [0.2, 0.25) is 0 Å². The number of nitrogens with one attached hydrogen (secondary N) is 1. The predicted molar refractivity (Wildman–Crippen MR) is 79.1 cm³/mol. The van der Waals surface area contributed by atoms with E-state index in [9.17, 15) is 0 Å². The van der Waals surface area contributed by atoms with Crippen molar-refractivity contribution in [2.75, 3.05) is 7.05 Å². The molecule has 1 N–H and O–H groups in total. The molecular weight excluding hydrogens is 232 g/mol. The Bertz CT molecular complexity index is 400. The third-order valence-corrected chi connectivity index (χ3v) is 5.28. The van der Waals surface area contributed by atoms with Gasteiger partial charge in [-0.05, 0) is 55.7 Å². The molecule has 1 aromatic heterocycles. The quantitative estimate of drug-likeness (QED) is 0.877. The van der Waals surface area contributed by atoms with Crippen LogP contribution in [-0.2, 0) is 12.8 Å². The van der Waals surface area contributed by atoms with Gasteiger partial charge in [-0.1, -0.05) is 25.8 Å². The third kappa shape index (κ3) is 2.69. The van der Waals surface area contributed by atoms with E-state index < -0.39 is 0 Å². The topological polar surface area (TPSA) is 24.9 Å². The molecule has 2 aliphatic rings. The van der Waals surface area contributed by atoms with Gasteiger partial charge in [0, 0.05) is 24.4 Å². The second-order valence-corrected chi connectivity index (χ2v) is 6.30. The largest absolute Gasteiger partial charge is 0.316 e. The molecule has 2 aliphatic carbocycles. The van der Waals surface area contributed by atoms with Crippen molar-refractivity contribution in [2.45, 2.75) is 51.5 Å². The molecule has 0 aromatic carbocycles. The number of aromatic nitrogens is 1. The van der Waals surface area contributed by atoms with Crippen molar-refractivity contribution in [3.8, 4) is 0 Å². The van der Waals surface area contributed by atoms with E-state index in [4.69, 9.17) is 0 Å². The fourth-order valence-corrected chi connectivity index (χ4v) is 4.09. The van der Waals surface area contributed by atoms with Gasteiger partial charge in [0.05, 0.1) is 0 Å². The van der Waals surface area contributed by atoms with Crippen LogP contribution in [0.1, 0.15) is 43.9 Å². The van der Waals surface area contributed by atoms with Crippen LogP contribution in [0.5, 0.6) is 0 Å². The number of hydrogen-bond donors (Lipinski definition) is 1. The van der Waals surface area contributed by atoms with E-state index in [1.54, 1.807) is 0 Å². The van der Waals surface area contributed by atoms with Crippen LogP contribution in [-0.4, -0.2) is 18.1 Å². The molecule has 0 aliphatic heterocycles. The summed E-state index contributed by atoms with van der Waals surface area (Å²) in [5.74, 6) is 2.95. The Morgan fingerprint density at radius 1 is 1.26 bits per heavy atom. The Balaban J connectivity index is 1.63. The predicted octanol–water partition coefficient (Wildman–Crippen LogP) is 3.21. The van der Waals surface area contributed by atoms with Crippen molar-refractivity contribution >= 4 is 0 Å². The van der Waals surface area contributed by atoms with Gasteiger partial charge in [-0.25, -0.2) is 0 Å². The number of rotatable bonds is 5. The van der Waals surface area contributed by atoms with Gasteiger partial charge in [-0.3, -0.25) is 4.98 Å². The van der Waals surface area contributed by atoms with Crippen molar-refractivity contribution in [1.29, 1.82) is 0 Å². The molecule has 1 heterocycles. The highest BCUT2D eigenvalue weighted by Crippen LogP contribution is 2.57. The first-order valence-electron chi connectivity index (χ1n) is 7.94. The number of pyridine rings is 1. The van der Waals surface area contributed by atoms with Crippen molar-refractivity contribution in [2.24, 2.45) is 17.8 Å². The van der Waals surface area contributed by atoms with E-state index in [1.807, 2.05) is 6.20 Å². The Morgan fingerprint density at radius 3 is 2.53 bits per heavy atom. The smallest absolute Gasteiger partial charge is 0.0419 e. The Labute approximate surface area is 117 Å². The molecule has 3 unspecified atom stereocenters. The lowest BCUT2D eigenvalue weighted by atomic mass is 10.0. The van der Waals surface area contributed by atoms with E-state index in [1.165, 1.54) is 36.9 Å². The van der Waals surface area contributed by atoms with Gasteiger partial charge in [0.25, 0.3) is 0 Å². The minimum atomic E-state index is 0.632. The summed E-state index contributed by atoms with van der Waals surface area (Å²) in [7, 11) is 2.12. The standard InChI is InChI=1S/C17H26N2/c1-3-12-8-9-13(19-11-12)10-16(18-2)17-14-6-4-5-7-15(14)17/h8-9,11,14-18H,3-7,10H2,1-2H3. The van der Waals surface area contributed by atoms with Crippen molar-refractivity contribution in [3.63, 3.8) is 0 Å². The van der Waals surface area contributed by atoms with Gasteiger partial charge < -0.3 is 5.32 Å². The molecule has 2 saturated carbocycles. The zero-order valence-electron chi connectivity index (χ0n) is 12.2. The normalized spacial score (nSPS) is 30.7. The molecule has 0 bridgehead atoms. The van der Waals surface area contributed by atoms with Gasteiger partial charge >= 0.3 is 0 Å². The number of nitrogens with zero attached hydrogens (tertiary/aromatic N) is 1. The molecule has 3 rings (SSSR count). The second-order valence-electron chi connectivity index (χ2n) is 6.30. The number of aryl methyl sites for hydroxylation is 1. The Kier molecular flexibility index (Phi) is 3.88. The fraction of sp³-hybridized carbons (Fsp3) is 0.706. The third-order valence-electron chi connectivity index (χ3n) is 5.28. The van der Waals surface area contributed by atoms with Gasteiger partial charge in [0.15, 0.2) is 0 Å². The molecule has 2 heteroatoms. The van der Waals surface area contributed by atoms with Crippen LogP contribution >= 0.6 is 0 Å². The van der Waals surface area contributed by atoms with E-state index in [2.05, 4.69) is 36.4 Å². The van der Waals surface area contributed by atoms with Crippen LogP contribution in [0.15, 0.2) is 18.3 Å². The van der Waals surface area contributed by atoms with Gasteiger partial charge in [-0.15, -0.1) is 0 Å². The molecule has 2 nitrogen and oxygen atoms in total. The molecule has 1 aromatic rings. The summed E-state index contributed by atoms with van der Waals surface area (Å²) < 4.78 is 0. The van der Waals surface area contributed by atoms with E-state index in [0.29, 0.717) is 6.04 Å². The molecule has 0 amide bonds. The molecule has 0 radical (unpaired) electrons. The summed E-state index contributed by atoms with van der Waals surface area (Å²) in [5.41, 5.74) is 2.59. The Morgan fingerprint density at radius 2 is 2.00 bits per heavy atom. The summed E-state index contributed by atoms with van der Waals surface area (Å²) in [4.78, 5) is 4.62. The highest BCUT2D eigenvalue weighted by molar-refractivity contribution is 5.16. The van der Waals surface area contributed by atoms with Gasteiger partial charge in [0.2, 0.25) is 0 Å². The first-order valence-corrected chi connectivity index (χ1v) is 7.94. The molecule has 104 valence electrons. The van der Waals surface area contributed by atoms with Crippen LogP contribution in [0.25, 0.3) is 0 Å². The van der Waals surface area contributed by atoms with Gasteiger partial charge in [0.1, 0.15) is 0 Å². The maximum absolute atomic E-state index is 4.62. The van der Waals surface area contributed by atoms with Crippen LogP contribution in [0, 0.1) is 17.8 Å². The summed E-state index contributed by atoms with van der Waals surface area (Å²) in [6.45, 7) is 2.18. The zero-order chi connectivity index (χ0) is 13.2. The van der Waals surface area contributed by atoms with Crippen LogP contribution in [0.4, 0.5) is 0 Å². The zero-order valence-corrected chi connectivity index (χ0v) is 12.2. The lowest BCUT2D eigenvalue weighted by Gasteiger charge is -2.16. The summed E-state index contributed by atoms with van der Waals surface area (Å²) in [5, 5.41) is 3.56. The van der Waals surface area contributed by atoms with Crippen molar-refractivity contribution < 1.29 is 0 Å². The Hall–Kier alpha value is -0.890. The summed E-state index contributed by atoms with van der Waals surface area (Å²) in [6.07, 6.45) is 10.1.